The summed E-state index contributed by atoms with van der Waals surface area (Å²) >= 11 is 0. The number of rotatable bonds is 9. The normalized spacial score (nSPS) is 10.3. The molecule has 0 radical (unpaired) electrons. The highest BCUT2D eigenvalue weighted by Gasteiger charge is 2.12. The molecule has 0 spiro atoms. The van der Waals surface area contributed by atoms with Crippen molar-refractivity contribution in [2.24, 2.45) is 0 Å². The Balaban J connectivity index is 1.51. The summed E-state index contributed by atoms with van der Waals surface area (Å²) in [5.74, 6) is -0.404. The fourth-order valence-electron chi connectivity index (χ4n) is 3.04. The molecular formula is C25H27N3O2. The number of amides is 2. The predicted molar refractivity (Wildman–Crippen MR) is 120 cm³/mol. The third-order valence-corrected chi connectivity index (χ3v) is 4.72. The Bertz CT molecular complexity index is 941. The van der Waals surface area contributed by atoms with E-state index in [1.165, 1.54) is 5.56 Å². The van der Waals surface area contributed by atoms with E-state index < -0.39 is 0 Å². The summed E-state index contributed by atoms with van der Waals surface area (Å²) in [4.78, 5) is 24.6. The van der Waals surface area contributed by atoms with E-state index in [-0.39, 0.29) is 18.4 Å². The van der Waals surface area contributed by atoms with E-state index >= 15 is 0 Å². The summed E-state index contributed by atoms with van der Waals surface area (Å²) in [5, 5.41) is 4.49. The second-order valence-electron chi connectivity index (χ2n) is 7.20. The second kappa shape index (κ2) is 10.8. The SMILES string of the molecule is Cc1ccc(CCC(=O)NCC(=O)NN(Cc2ccccc2)c2ccccc2)cc1. The molecule has 3 rings (SSSR count). The van der Waals surface area contributed by atoms with Gasteiger partial charge in [0, 0.05) is 6.42 Å². The zero-order chi connectivity index (χ0) is 21.2. The molecule has 154 valence electrons. The summed E-state index contributed by atoms with van der Waals surface area (Å²) in [7, 11) is 0. The van der Waals surface area contributed by atoms with Crippen molar-refractivity contribution < 1.29 is 9.59 Å². The number of benzene rings is 3. The van der Waals surface area contributed by atoms with Gasteiger partial charge < -0.3 is 5.32 Å². The minimum atomic E-state index is -0.265. The van der Waals surface area contributed by atoms with Crippen LogP contribution in [0, 0.1) is 6.92 Å². The number of carbonyl (C=O) groups is 2. The van der Waals surface area contributed by atoms with E-state index in [2.05, 4.69) is 10.7 Å². The molecular weight excluding hydrogens is 374 g/mol. The van der Waals surface area contributed by atoms with Gasteiger partial charge in [-0.2, -0.15) is 0 Å². The number of hydrogen-bond donors (Lipinski definition) is 2. The monoisotopic (exact) mass is 401 g/mol. The smallest absolute Gasteiger partial charge is 0.257 e. The van der Waals surface area contributed by atoms with Gasteiger partial charge in [-0.25, -0.2) is 0 Å². The van der Waals surface area contributed by atoms with Gasteiger partial charge in [0.2, 0.25) is 5.91 Å². The zero-order valence-electron chi connectivity index (χ0n) is 17.2. The summed E-state index contributed by atoms with van der Waals surface area (Å²) in [6.07, 6.45) is 1.00. The predicted octanol–water partition coefficient (Wildman–Crippen LogP) is 3.78. The van der Waals surface area contributed by atoms with E-state index in [1.807, 2.05) is 91.9 Å². The maximum absolute atomic E-state index is 12.5. The fourth-order valence-corrected chi connectivity index (χ4v) is 3.04. The maximum Gasteiger partial charge on any atom is 0.257 e. The molecule has 0 aliphatic heterocycles. The molecule has 0 unspecified atom stereocenters. The lowest BCUT2D eigenvalue weighted by Gasteiger charge is -2.25. The Morgan fingerprint density at radius 1 is 0.767 bits per heavy atom. The Labute approximate surface area is 177 Å². The lowest BCUT2D eigenvalue weighted by Crippen LogP contribution is -2.46. The van der Waals surface area contributed by atoms with Crippen LogP contribution in [0.1, 0.15) is 23.1 Å². The first-order valence-electron chi connectivity index (χ1n) is 10.1. The van der Waals surface area contributed by atoms with Gasteiger partial charge in [0.25, 0.3) is 5.91 Å². The average molecular weight is 402 g/mol. The highest BCUT2D eigenvalue weighted by molar-refractivity contribution is 5.85. The molecule has 0 bridgehead atoms. The van der Waals surface area contributed by atoms with E-state index in [4.69, 9.17) is 0 Å². The largest absolute Gasteiger partial charge is 0.347 e. The van der Waals surface area contributed by atoms with Crippen LogP contribution in [0.4, 0.5) is 5.69 Å². The van der Waals surface area contributed by atoms with E-state index in [0.717, 1.165) is 16.8 Å². The molecule has 3 aromatic rings. The maximum atomic E-state index is 12.5. The molecule has 0 atom stereocenters. The summed E-state index contributed by atoms with van der Waals surface area (Å²) in [6.45, 7) is 2.49. The van der Waals surface area contributed by atoms with Crippen molar-refractivity contribution >= 4 is 17.5 Å². The molecule has 30 heavy (non-hydrogen) atoms. The van der Waals surface area contributed by atoms with Crippen molar-refractivity contribution in [1.29, 1.82) is 0 Å². The van der Waals surface area contributed by atoms with Gasteiger partial charge in [-0.05, 0) is 36.6 Å². The van der Waals surface area contributed by atoms with Crippen LogP contribution in [-0.2, 0) is 22.6 Å². The van der Waals surface area contributed by atoms with Crippen LogP contribution in [0.2, 0.25) is 0 Å². The van der Waals surface area contributed by atoms with Crippen molar-refractivity contribution in [1.82, 2.24) is 10.7 Å². The van der Waals surface area contributed by atoms with Gasteiger partial charge in [-0.15, -0.1) is 0 Å². The first-order valence-corrected chi connectivity index (χ1v) is 10.1. The Hall–Kier alpha value is -3.60. The molecule has 0 aliphatic rings. The molecule has 0 saturated heterocycles. The molecule has 0 fully saturated rings. The minimum Gasteiger partial charge on any atom is -0.347 e. The van der Waals surface area contributed by atoms with Crippen LogP contribution in [-0.4, -0.2) is 18.4 Å². The first-order chi connectivity index (χ1) is 14.6. The average Bonchev–Trinajstić information content (AvgIpc) is 2.78. The molecule has 2 amide bonds. The third kappa shape index (κ3) is 6.78. The van der Waals surface area contributed by atoms with Crippen molar-refractivity contribution in [3.05, 3.63) is 102 Å². The molecule has 0 aliphatic carbocycles. The van der Waals surface area contributed by atoms with Crippen LogP contribution in [0.15, 0.2) is 84.9 Å². The molecule has 0 heterocycles. The van der Waals surface area contributed by atoms with Crippen LogP contribution < -0.4 is 15.8 Å². The minimum absolute atomic E-state index is 0.0646. The number of carbonyl (C=O) groups excluding carboxylic acids is 2. The van der Waals surface area contributed by atoms with Gasteiger partial charge in [0.05, 0.1) is 18.8 Å². The summed E-state index contributed by atoms with van der Waals surface area (Å²) < 4.78 is 0. The fraction of sp³-hybridized carbons (Fsp3) is 0.200. The number of nitrogens with one attached hydrogen (secondary N) is 2. The van der Waals surface area contributed by atoms with Crippen LogP contribution in [0.5, 0.6) is 0 Å². The van der Waals surface area contributed by atoms with Crippen molar-refractivity contribution in [2.75, 3.05) is 11.6 Å². The number of anilines is 1. The van der Waals surface area contributed by atoms with Crippen molar-refractivity contribution in [2.45, 2.75) is 26.3 Å². The van der Waals surface area contributed by atoms with Crippen molar-refractivity contribution in [3.63, 3.8) is 0 Å². The zero-order valence-corrected chi connectivity index (χ0v) is 17.2. The number of hydrogen-bond acceptors (Lipinski definition) is 3. The standard InChI is InChI=1S/C25H27N3O2/c1-20-12-14-21(15-13-20)16-17-24(29)26-18-25(30)27-28(23-10-6-3-7-11-23)19-22-8-4-2-5-9-22/h2-15H,16-19H2,1H3,(H,26,29)(H,27,30). The number of nitrogens with zero attached hydrogens (tertiary/aromatic N) is 1. The number of hydrazine groups is 1. The summed E-state index contributed by atoms with van der Waals surface area (Å²) in [5.41, 5.74) is 7.15. The van der Waals surface area contributed by atoms with Gasteiger partial charge in [-0.3, -0.25) is 20.0 Å². The van der Waals surface area contributed by atoms with E-state index in [1.54, 1.807) is 5.01 Å². The lowest BCUT2D eigenvalue weighted by molar-refractivity contribution is -0.126. The molecule has 0 aromatic heterocycles. The Kier molecular flexibility index (Phi) is 7.61. The van der Waals surface area contributed by atoms with Gasteiger partial charge >= 0.3 is 0 Å². The highest BCUT2D eigenvalue weighted by atomic mass is 16.2. The van der Waals surface area contributed by atoms with Crippen LogP contribution >= 0.6 is 0 Å². The Morgan fingerprint density at radius 3 is 2.07 bits per heavy atom. The second-order valence-corrected chi connectivity index (χ2v) is 7.20. The molecule has 5 heteroatoms. The van der Waals surface area contributed by atoms with Gasteiger partial charge in [-0.1, -0.05) is 78.4 Å². The third-order valence-electron chi connectivity index (χ3n) is 4.72. The van der Waals surface area contributed by atoms with Gasteiger partial charge in [0.15, 0.2) is 0 Å². The van der Waals surface area contributed by atoms with Crippen LogP contribution in [0.25, 0.3) is 0 Å². The first kappa shape index (κ1) is 21.1. The molecule has 5 nitrogen and oxygen atoms in total. The summed E-state index contributed by atoms with van der Waals surface area (Å²) in [6, 6.07) is 27.7. The molecule has 0 saturated carbocycles. The number of aryl methyl sites for hydroxylation is 2. The quantitative estimate of drug-likeness (QED) is 0.537. The number of para-hydroxylation sites is 1. The molecule has 2 N–H and O–H groups in total. The van der Waals surface area contributed by atoms with Crippen molar-refractivity contribution in [3.8, 4) is 0 Å². The highest BCUT2D eigenvalue weighted by Crippen LogP contribution is 2.14. The van der Waals surface area contributed by atoms with Crippen LogP contribution in [0.3, 0.4) is 0 Å². The van der Waals surface area contributed by atoms with E-state index in [0.29, 0.717) is 19.4 Å². The van der Waals surface area contributed by atoms with Gasteiger partial charge in [0.1, 0.15) is 0 Å². The molecule has 3 aromatic carbocycles. The lowest BCUT2D eigenvalue weighted by atomic mass is 10.1. The Morgan fingerprint density at radius 2 is 1.40 bits per heavy atom. The van der Waals surface area contributed by atoms with E-state index in [9.17, 15) is 9.59 Å². The topological polar surface area (TPSA) is 61.4 Å².